The zero-order chi connectivity index (χ0) is 13.0. The molecule has 18 heavy (non-hydrogen) atoms. The molecule has 2 heterocycles. The first-order valence-electron chi connectivity index (χ1n) is 6.03. The molecule has 0 saturated carbocycles. The van der Waals surface area contributed by atoms with Gasteiger partial charge in [0.05, 0.1) is 11.8 Å². The molecular weight excluding hydrogens is 230 g/mol. The topological polar surface area (TPSA) is 66.6 Å². The molecule has 5 nitrogen and oxygen atoms in total. The van der Waals surface area contributed by atoms with E-state index in [1.807, 2.05) is 6.07 Å². The van der Waals surface area contributed by atoms with Crippen LogP contribution in [0, 0.1) is 0 Å². The van der Waals surface area contributed by atoms with Crippen LogP contribution in [0.4, 0.5) is 0 Å². The second-order valence-corrected chi connectivity index (χ2v) is 4.33. The highest BCUT2D eigenvalue weighted by Gasteiger charge is 2.01. The van der Waals surface area contributed by atoms with Crippen LogP contribution >= 0.6 is 0 Å². The highest BCUT2D eigenvalue weighted by Crippen LogP contribution is 1.98. The van der Waals surface area contributed by atoms with Gasteiger partial charge in [0.1, 0.15) is 5.65 Å². The van der Waals surface area contributed by atoms with E-state index in [-0.39, 0.29) is 11.7 Å². The van der Waals surface area contributed by atoms with Crippen molar-refractivity contribution in [1.82, 2.24) is 14.7 Å². The van der Waals surface area contributed by atoms with Crippen molar-refractivity contribution in [2.75, 3.05) is 6.54 Å². The average Bonchev–Trinajstić information content (AvgIpc) is 2.35. The van der Waals surface area contributed by atoms with Crippen molar-refractivity contribution in [3.05, 3.63) is 46.5 Å². The normalized spacial score (nSPS) is 12.8. The van der Waals surface area contributed by atoms with E-state index in [9.17, 15) is 4.79 Å². The van der Waals surface area contributed by atoms with Crippen molar-refractivity contribution in [2.24, 2.45) is 0 Å². The minimum atomic E-state index is -0.312. The SMILES string of the molecule is CC(O)CCNCc1cc(=O)n2ccccc2n1. The lowest BCUT2D eigenvalue weighted by Crippen LogP contribution is -2.22. The van der Waals surface area contributed by atoms with Crippen LogP contribution in [-0.2, 0) is 6.54 Å². The molecule has 0 aliphatic carbocycles. The summed E-state index contributed by atoms with van der Waals surface area (Å²) in [5.74, 6) is 0. The summed E-state index contributed by atoms with van der Waals surface area (Å²) in [5, 5.41) is 12.3. The first-order chi connectivity index (χ1) is 8.66. The Hall–Kier alpha value is -1.72. The summed E-state index contributed by atoms with van der Waals surface area (Å²) in [6.45, 7) is 2.99. The maximum Gasteiger partial charge on any atom is 0.258 e. The molecule has 0 fully saturated rings. The van der Waals surface area contributed by atoms with Gasteiger partial charge in [-0.05, 0) is 32.0 Å². The van der Waals surface area contributed by atoms with E-state index in [0.29, 0.717) is 25.2 Å². The van der Waals surface area contributed by atoms with Gasteiger partial charge in [0.15, 0.2) is 0 Å². The minimum absolute atomic E-state index is 0.0760. The van der Waals surface area contributed by atoms with Gasteiger partial charge in [0, 0.05) is 18.8 Å². The Kier molecular flexibility index (Phi) is 4.07. The average molecular weight is 247 g/mol. The molecule has 0 saturated heterocycles. The minimum Gasteiger partial charge on any atom is -0.393 e. The number of pyridine rings is 1. The van der Waals surface area contributed by atoms with Gasteiger partial charge >= 0.3 is 0 Å². The Bertz CT molecular complexity index is 578. The molecule has 0 aliphatic heterocycles. The number of nitrogens with zero attached hydrogens (tertiary/aromatic N) is 2. The van der Waals surface area contributed by atoms with Crippen LogP contribution in [0.5, 0.6) is 0 Å². The molecule has 0 aromatic carbocycles. The van der Waals surface area contributed by atoms with Gasteiger partial charge in [-0.15, -0.1) is 0 Å². The fraction of sp³-hybridized carbons (Fsp3) is 0.385. The van der Waals surface area contributed by atoms with Crippen molar-refractivity contribution < 1.29 is 5.11 Å². The smallest absolute Gasteiger partial charge is 0.258 e. The molecule has 0 spiro atoms. The monoisotopic (exact) mass is 247 g/mol. The third-order valence-corrected chi connectivity index (χ3v) is 2.67. The summed E-state index contributed by atoms with van der Waals surface area (Å²) in [6, 6.07) is 6.99. The van der Waals surface area contributed by atoms with Gasteiger partial charge < -0.3 is 10.4 Å². The van der Waals surface area contributed by atoms with E-state index in [0.717, 1.165) is 5.69 Å². The van der Waals surface area contributed by atoms with Crippen molar-refractivity contribution in [1.29, 1.82) is 0 Å². The molecule has 1 unspecified atom stereocenters. The van der Waals surface area contributed by atoms with Gasteiger partial charge in [-0.2, -0.15) is 0 Å². The van der Waals surface area contributed by atoms with Gasteiger partial charge in [0.2, 0.25) is 0 Å². The van der Waals surface area contributed by atoms with E-state index >= 15 is 0 Å². The van der Waals surface area contributed by atoms with Crippen LogP contribution in [0.1, 0.15) is 19.0 Å². The summed E-state index contributed by atoms with van der Waals surface area (Å²) in [4.78, 5) is 16.2. The lowest BCUT2D eigenvalue weighted by molar-refractivity contribution is 0.183. The predicted molar refractivity (Wildman–Crippen MR) is 69.5 cm³/mol. The standard InChI is InChI=1S/C13H17N3O2/c1-10(17)5-6-14-9-11-8-13(18)16-7-3-2-4-12(16)15-11/h2-4,7-8,10,14,17H,5-6,9H2,1H3. The third-order valence-electron chi connectivity index (χ3n) is 2.67. The van der Waals surface area contributed by atoms with Crippen molar-refractivity contribution in [2.45, 2.75) is 26.0 Å². The molecule has 0 amide bonds. The van der Waals surface area contributed by atoms with Crippen LogP contribution in [0.3, 0.4) is 0 Å². The molecule has 2 aromatic heterocycles. The largest absolute Gasteiger partial charge is 0.393 e. The molecule has 2 aromatic rings. The Morgan fingerprint density at radius 2 is 2.33 bits per heavy atom. The number of nitrogens with one attached hydrogen (secondary N) is 1. The Morgan fingerprint density at radius 1 is 1.50 bits per heavy atom. The van der Waals surface area contributed by atoms with E-state index in [4.69, 9.17) is 5.11 Å². The van der Waals surface area contributed by atoms with Crippen molar-refractivity contribution in [3.8, 4) is 0 Å². The molecule has 2 rings (SSSR count). The first kappa shape index (κ1) is 12.7. The van der Waals surface area contributed by atoms with Crippen molar-refractivity contribution in [3.63, 3.8) is 0 Å². The van der Waals surface area contributed by atoms with E-state index < -0.39 is 0 Å². The van der Waals surface area contributed by atoms with Crippen LogP contribution < -0.4 is 10.9 Å². The molecule has 0 bridgehead atoms. The van der Waals surface area contributed by atoms with E-state index in [1.165, 1.54) is 10.5 Å². The highest BCUT2D eigenvalue weighted by molar-refractivity contribution is 5.37. The van der Waals surface area contributed by atoms with Gasteiger partial charge in [-0.25, -0.2) is 4.98 Å². The number of hydrogen-bond acceptors (Lipinski definition) is 4. The number of aromatic nitrogens is 2. The maximum absolute atomic E-state index is 11.8. The van der Waals surface area contributed by atoms with E-state index in [2.05, 4.69) is 10.3 Å². The van der Waals surface area contributed by atoms with Crippen LogP contribution in [0.25, 0.3) is 5.65 Å². The second-order valence-electron chi connectivity index (χ2n) is 4.33. The summed E-state index contributed by atoms with van der Waals surface area (Å²) in [7, 11) is 0. The predicted octanol–water partition coefficient (Wildman–Crippen LogP) is 0.555. The number of hydrogen-bond donors (Lipinski definition) is 2. The molecule has 0 aliphatic rings. The fourth-order valence-electron chi connectivity index (χ4n) is 1.72. The lowest BCUT2D eigenvalue weighted by atomic mass is 10.3. The highest BCUT2D eigenvalue weighted by atomic mass is 16.3. The molecule has 96 valence electrons. The molecule has 5 heteroatoms. The Balaban J connectivity index is 2.08. The first-order valence-corrected chi connectivity index (χ1v) is 6.03. The summed E-state index contributed by atoms with van der Waals surface area (Å²) >= 11 is 0. The van der Waals surface area contributed by atoms with Crippen LogP contribution in [0.15, 0.2) is 35.3 Å². The molecule has 0 radical (unpaired) electrons. The summed E-state index contributed by atoms with van der Waals surface area (Å²) in [6.07, 6.45) is 2.08. The fourth-order valence-corrected chi connectivity index (χ4v) is 1.72. The van der Waals surface area contributed by atoms with Crippen LogP contribution in [-0.4, -0.2) is 27.1 Å². The number of fused-ring (bicyclic) bond motifs is 1. The van der Waals surface area contributed by atoms with Gasteiger partial charge in [0.25, 0.3) is 5.56 Å². The second kappa shape index (κ2) is 5.75. The Labute approximate surface area is 105 Å². The molecule has 2 N–H and O–H groups in total. The number of aliphatic hydroxyl groups excluding tert-OH is 1. The summed E-state index contributed by atoms with van der Waals surface area (Å²) < 4.78 is 1.51. The summed E-state index contributed by atoms with van der Waals surface area (Å²) in [5.41, 5.74) is 1.29. The molecular formula is C13H17N3O2. The number of rotatable bonds is 5. The van der Waals surface area contributed by atoms with E-state index in [1.54, 1.807) is 25.3 Å². The van der Waals surface area contributed by atoms with Crippen LogP contribution in [0.2, 0.25) is 0 Å². The van der Waals surface area contributed by atoms with Gasteiger partial charge in [-0.1, -0.05) is 6.07 Å². The third kappa shape index (κ3) is 3.15. The maximum atomic E-state index is 11.8. The zero-order valence-electron chi connectivity index (χ0n) is 10.3. The zero-order valence-corrected chi connectivity index (χ0v) is 10.3. The number of aliphatic hydroxyl groups is 1. The molecule has 1 atom stereocenters. The van der Waals surface area contributed by atoms with Crippen molar-refractivity contribution >= 4 is 5.65 Å². The quantitative estimate of drug-likeness (QED) is 0.757. The lowest BCUT2D eigenvalue weighted by Gasteiger charge is -2.07. The van der Waals surface area contributed by atoms with Gasteiger partial charge in [-0.3, -0.25) is 9.20 Å². The Morgan fingerprint density at radius 3 is 3.11 bits per heavy atom.